The zero-order valence-corrected chi connectivity index (χ0v) is 9.45. The van der Waals surface area contributed by atoms with Gasteiger partial charge in [0, 0.05) is 11.6 Å². The number of nitrogens with two attached hydrogens (primary N) is 2. The molecule has 4 heteroatoms. The van der Waals surface area contributed by atoms with E-state index in [9.17, 15) is 4.79 Å². The smallest absolute Gasteiger partial charge is 0.251 e. The Bertz CT molecular complexity index is 293. The van der Waals surface area contributed by atoms with Crippen LogP contribution in [0.25, 0.3) is 0 Å². The lowest BCUT2D eigenvalue weighted by molar-refractivity contribution is 0.0943. The number of hydrazine groups is 1. The first-order valence-corrected chi connectivity index (χ1v) is 4.80. The maximum absolute atomic E-state index is 11.5. The summed E-state index contributed by atoms with van der Waals surface area (Å²) in [6, 6.07) is 7.75. The second-order valence-electron chi connectivity index (χ2n) is 3.49. The van der Waals surface area contributed by atoms with Crippen molar-refractivity contribution in [2.75, 3.05) is 0 Å². The Morgan fingerprint density at radius 1 is 1.20 bits per heavy atom. The van der Waals surface area contributed by atoms with Crippen LogP contribution in [-0.2, 0) is 0 Å². The van der Waals surface area contributed by atoms with E-state index in [4.69, 9.17) is 0 Å². The molecule has 0 saturated heterocycles. The van der Waals surface area contributed by atoms with Crippen molar-refractivity contribution in [3.05, 3.63) is 35.4 Å². The first-order chi connectivity index (χ1) is 7.09. The first kappa shape index (κ1) is 13.6. The van der Waals surface area contributed by atoms with E-state index in [2.05, 4.69) is 17.0 Å². The summed E-state index contributed by atoms with van der Waals surface area (Å²) in [7, 11) is 0. The van der Waals surface area contributed by atoms with Gasteiger partial charge in [-0.1, -0.05) is 17.7 Å². The topological polar surface area (TPSA) is 81.1 Å². The van der Waals surface area contributed by atoms with Crippen LogP contribution in [-0.4, -0.2) is 11.9 Å². The zero-order valence-electron chi connectivity index (χ0n) is 9.45. The van der Waals surface area contributed by atoms with Gasteiger partial charge >= 0.3 is 0 Å². The monoisotopic (exact) mass is 209 g/mol. The Morgan fingerprint density at radius 2 is 1.67 bits per heavy atom. The average Bonchev–Trinajstić information content (AvgIpc) is 2.20. The molecule has 15 heavy (non-hydrogen) atoms. The molecular weight excluding hydrogens is 190 g/mol. The van der Waals surface area contributed by atoms with Crippen LogP contribution < -0.4 is 17.0 Å². The molecule has 1 aromatic carbocycles. The van der Waals surface area contributed by atoms with Gasteiger partial charge in [0.15, 0.2) is 0 Å². The number of hydrogen-bond acceptors (Lipinski definition) is 3. The van der Waals surface area contributed by atoms with Crippen molar-refractivity contribution < 1.29 is 4.79 Å². The third kappa shape index (κ3) is 5.15. The van der Waals surface area contributed by atoms with E-state index in [1.54, 1.807) is 0 Å². The van der Waals surface area contributed by atoms with Crippen molar-refractivity contribution in [3.63, 3.8) is 0 Å². The van der Waals surface area contributed by atoms with Crippen LogP contribution in [0.3, 0.4) is 0 Å². The molecule has 0 saturated carbocycles. The van der Waals surface area contributed by atoms with Crippen LogP contribution in [0.1, 0.15) is 29.8 Å². The molecule has 84 valence electrons. The van der Waals surface area contributed by atoms with Gasteiger partial charge in [-0.3, -0.25) is 16.5 Å². The second kappa shape index (κ2) is 6.98. The van der Waals surface area contributed by atoms with Crippen LogP contribution in [0.4, 0.5) is 0 Å². The molecule has 0 radical (unpaired) electrons. The fraction of sp³-hybridized carbons (Fsp3) is 0.364. The van der Waals surface area contributed by atoms with Crippen molar-refractivity contribution in [2.45, 2.75) is 26.8 Å². The predicted octanol–water partition coefficient (Wildman–Crippen LogP) is 0.952. The molecule has 1 rings (SSSR count). The van der Waals surface area contributed by atoms with E-state index in [1.165, 1.54) is 5.56 Å². The van der Waals surface area contributed by atoms with Crippen LogP contribution >= 0.6 is 0 Å². The molecule has 1 aromatic rings. The number of carbonyl (C=O) groups is 1. The number of benzene rings is 1. The molecule has 0 bridgehead atoms. The lowest BCUT2D eigenvalue weighted by Gasteiger charge is -2.07. The average molecular weight is 209 g/mol. The van der Waals surface area contributed by atoms with Gasteiger partial charge in [0.05, 0.1) is 0 Å². The number of aryl methyl sites for hydroxylation is 1. The summed E-state index contributed by atoms with van der Waals surface area (Å²) in [5.41, 5.74) is 1.89. The van der Waals surface area contributed by atoms with Gasteiger partial charge in [0.2, 0.25) is 0 Å². The molecule has 5 N–H and O–H groups in total. The molecule has 0 atom stereocenters. The number of nitrogens with one attached hydrogen (secondary N) is 1. The minimum Gasteiger partial charge on any atom is -0.350 e. The van der Waals surface area contributed by atoms with Gasteiger partial charge in [0.25, 0.3) is 5.91 Å². The van der Waals surface area contributed by atoms with Crippen LogP contribution in [0.5, 0.6) is 0 Å². The predicted molar refractivity (Wildman–Crippen MR) is 62.2 cm³/mol. The minimum atomic E-state index is -0.00463. The lowest BCUT2D eigenvalue weighted by Crippen LogP contribution is -2.29. The molecule has 1 amide bonds. The molecule has 4 nitrogen and oxygen atoms in total. The third-order valence-electron chi connectivity index (χ3n) is 1.73. The van der Waals surface area contributed by atoms with Gasteiger partial charge in [-0.2, -0.15) is 0 Å². The molecule has 0 unspecified atom stereocenters. The van der Waals surface area contributed by atoms with Crippen LogP contribution in [0, 0.1) is 6.92 Å². The van der Waals surface area contributed by atoms with Gasteiger partial charge in [-0.15, -0.1) is 0 Å². The quantitative estimate of drug-likeness (QED) is 0.501. The van der Waals surface area contributed by atoms with Crippen molar-refractivity contribution in [1.82, 2.24) is 5.32 Å². The number of carbonyl (C=O) groups excluding carboxylic acids is 1. The van der Waals surface area contributed by atoms with Crippen molar-refractivity contribution in [2.24, 2.45) is 11.7 Å². The van der Waals surface area contributed by atoms with Crippen molar-refractivity contribution in [3.8, 4) is 0 Å². The van der Waals surface area contributed by atoms with Crippen LogP contribution in [0.15, 0.2) is 24.3 Å². The number of rotatable bonds is 2. The normalized spacial score (nSPS) is 9.20. The summed E-state index contributed by atoms with van der Waals surface area (Å²) < 4.78 is 0. The third-order valence-corrected chi connectivity index (χ3v) is 1.73. The fourth-order valence-electron chi connectivity index (χ4n) is 1.05. The van der Waals surface area contributed by atoms with Gasteiger partial charge in [0.1, 0.15) is 0 Å². The largest absolute Gasteiger partial charge is 0.350 e. The summed E-state index contributed by atoms with van der Waals surface area (Å²) in [6.45, 7) is 5.91. The molecule has 0 aromatic heterocycles. The number of hydrogen-bond donors (Lipinski definition) is 3. The molecule has 0 aliphatic carbocycles. The minimum absolute atomic E-state index is 0.00463. The molecule has 0 heterocycles. The Labute approximate surface area is 90.6 Å². The van der Waals surface area contributed by atoms with Crippen LogP contribution in [0.2, 0.25) is 0 Å². The highest BCUT2D eigenvalue weighted by atomic mass is 16.1. The summed E-state index contributed by atoms with van der Waals surface area (Å²) in [5, 5.41) is 2.84. The van der Waals surface area contributed by atoms with E-state index >= 15 is 0 Å². The van der Waals surface area contributed by atoms with Gasteiger partial charge < -0.3 is 5.32 Å². The molecule has 0 aliphatic heterocycles. The molecule has 0 aliphatic rings. The summed E-state index contributed by atoms with van der Waals surface area (Å²) in [6.07, 6.45) is 0. The van der Waals surface area contributed by atoms with Crippen molar-refractivity contribution >= 4 is 5.91 Å². The van der Waals surface area contributed by atoms with E-state index < -0.39 is 0 Å². The van der Waals surface area contributed by atoms with Gasteiger partial charge in [-0.05, 0) is 32.9 Å². The second-order valence-corrected chi connectivity index (χ2v) is 3.49. The van der Waals surface area contributed by atoms with E-state index in [0.717, 1.165) is 5.56 Å². The summed E-state index contributed by atoms with van der Waals surface area (Å²) >= 11 is 0. The fourth-order valence-corrected chi connectivity index (χ4v) is 1.05. The zero-order chi connectivity index (χ0) is 11.8. The maximum Gasteiger partial charge on any atom is 0.251 e. The summed E-state index contributed by atoms with van der Waals surface area (Å²) in [4.78, 5) is 11.5. The number of amides is 1. The van der Waals surface area contributed by atoms with Gasteiger partial charge in [-0.25, -0.2) is 0 Å². The Morgan fingerprint density at radius 3 is 2.07 bits per heavy atom. The SMILES string of the molecule is Cc1ccc(C(=O)NC(C)C)cc1.NN. The Hall–Kier alpha value is -1.39. The van der Waals surface area contributed by atoms with E-state index in [1.807, 2.05) is 45.0 Å². The first-order valence-electron chi connectivity index (χ1n) is 4.80. The lowest BCUT2D eigenvalue weighted by atomic mass is 10.1. The van der Waals surface area contributed by atoms with E-state index in [0.29, 0.717) is 0 Å². The molecule has 0 fully saturated rings. The molecular formula is C11H19N3O. The Balaban J connectivity index is 0.000000921. The summed E-state index contributed by atoms with van der Waals surface area (Å²) in [5.74, 6) is 8.00. The standard InChI is InChI=1S/C11H15NO.H4N2/c1-8(2)12-11(13)10-6-4-9(3)5-7-10;1-2/h4-8H,1-3H3,(H,12,13);1-2H2. The highest BCUT2D eigenvalue weighted by Crippen LogP contribution is 2.02. The highest BCUT2D eigenvalue weighted by Gasteiger charge is 2.04. The maximum atomic E-state index is 11.5. The van der Waals surface area contributed by atoms with E-state index in [-0.39, 0.29) is 11.9 Å². The highest BCUT2D eigenvalue weighted by molar-refractivity contribution is 5.94. The van der Waals surface area contributed by atoms with Crippen molar-refractivity contribution in [1.29, 1.82) is 0 Å². The molecule has 0 spiro atoms. The Kier molecular flexibility index (Phi) is 6.33.